The summed E-state index contributed by atoms with van der Waals surface area (Å²) in [5.41, 5.74) is 8.17. The van der Waals surface area contributed by atoms with Gasteiger partial charge in [0.15, 0.2) is 0 Å². The van der Waals surface area contributed by atoms with Gasteiger partial charge in [0.2, 0.25) is 0 Å². The van der Waals surface area contributed by atoms with E-state index < -0.39 is 0 Å². The number of allylic oxidation sites excluding steroid dienone is 1. The van der Waals surface area contributed by atoms with Crippen LogP contribution in [-0.4, -0.2) is 45.7 Å². The topological polar surface area (TPSA) is 45.5 Å². The van der Waals surface area contributed by atoms with Crippen molar-refractivity contribution >= 4 is 11.1 Å². The minimum absolute atomic E-state index is 0.675. The van der Waals surface area contributed by atoms with E-state index in [1.807, 2.05) is 23.1 Å². The summed E-state index contributed by atoms with van der Waals surface area (Å²) in [6.07, 6.45) is 12.3. The van der Waals surface area contributed by atoms with Gasteiger partial charge < -0.3 is 10.2 Å². The van der Waals surface area contributed by atoms with Gasteiger partial charge in [-0.1, -0.05) is 12.7 Å². The summed E-state index contributed by atoms with van der Waals surface area (Å²) in [5.74, 6) is 0. The second-order valence-corrected chi connectivity index (χ2v) is 8.37. The molecule has 1 saturated heterocycles. The molecule has 164 valence electrons. The largest absolute Gasteiger partial charge is 0.389 e. The minimum atomic E-state index is 0.675. The highest BCUT2D eigenvalue weighted by Gasteiger charge is 2.14. The molecule has 0 atom stereocenters. The Kier molecular flexibility index (Phi) is 7.64. The Balaban J connectivity index is 0.000000229. The molecule has 31 heavy (non-hydrogen) atoms. The Morgan fingerprint density at radius 1 is 1.16 bits per heavy atom. The number of aryl methyl sites for hydroxylation is 3. The number of hydrogen-bond acceptors (Lipinski definition) is 4. The fourth-order valence-corrected chi connectivity index (χ4v) is 4.00. The second-order valence-electron chi connectivity index (χ2n) is 8.37. The van der Waals surface area contributed by atoms with E-state index in [-0.39, 0.29) is 0 Å². The maximum atomic E-state index is 4.48. The van der Waals surface area contributed by atoms with Gasteiger partial charge in [0.1, 0.15) is 0 Å². The first-order valence-electron chi connectivity index (χ1n) is 11.0. The Labute approximate surface area is 186 Å². The average molecular weight is 418 g/mol. The van der Waals surface area contributed by atoms with Crippen LogP contribution in [0, 0.1) is 20.8 Å². The van der Waals surface area contributed by atoms with Crippen molar-refractivity contribution in [2.24, 2.45) is 0 Å². The molecular weight excluding hydrogens is 382 g/mol. The van der Waals surface area contributed by atoms with E-state index in [0.717, 1.165) is 11.2 Å². The summed E-state index contributed by atoms with van der Waals surface area (Å²) >= 11 is 0. The zero-order valence-corrected chi connectivity index (χ0v) is 19.5. The Hall–Kier alpha value is -2.92. The summed E-state index contributed by atoms with van der Waals surface area (Å²) in [6, 6.07) is 7.18. The van der Waals surface area contributed by atoms with Crippen LogP contribution in [0.4, 0.5) is 0 Å². The van der Waals surface area contributed by atoms with Crippen molar-refractivity contribution in [1.29, 1.82) is 0 Å². The van der Waals surface area contributed by atoms with E-state index in [9.17, 15) is 0 Å². The van der Waals surface area contributed by atoms with Crippen LogP contribution in [0.5, 0.6) is 0 Å². The molecule has 0 radical (unpaired) electrons. The molecule has 0 amide bonds. The van der Waals surface area contributed by atoms with Crippen molar-refractivity contribution in [2.75, 3.05) is 20.1 Å². The third-order valence-corrected chi connectivity index (χ3v) is 5.90. The Bertz CT molecular complexity index is 1050. The van der Waals surface area contributed by atoms with Crippen LogP contribution in [0.15, 0.2) is 55.6 Å². The van der Waals surface area contributed by atoms with Crippen molar-refractivity contribution < 1.29 is 0 Å². The number of fused-ring (bicyclic) bond motifs is 1. The fraction of sp³-hybridized carbons (Fsp3) is 0.385. The quantitative estimate of drug-likeness (QED) is 0.654. The van der Waals surface area contributed by atoms with Crippen LogP contribution in [0.25, 0.3) is 11.1 Å². The number of nitrogens with zero attached hydrogens (tertiary/aromatic N) is 4. The molecular formula is C26H35N5. The molecule has 5 heteroatoms. The van der Waals surface area contributed by atoms with E-state index >= 15 is 0 Å². The number of likely N-dealkylation sites (tertiary alicyclic amines) is 1. The van der Waals surface area contributed by atoms with Crippen LogP contribution in [-0.2, 0) is 0 Å². The molecule has 0 spiro atoms. The van der Waals surface area contributed by atoms with Gasteiger partial charge in [-0.3, -0.25) is 4.98 Å². The Morgan fingerprint density at radius 2 is 1.90 bits per heavy atom. The van der Waals surface area contributed by atoms with E-state index in [1.165, 1.54) is 53.8 Å². The maximum Gasteiger partial charge on any atom is 0.0696 e. The molecule has 0 aromatic carbocycles. The van der Waals surface area contributed by atoms with Crippen molar-refractivity contribution in [3.8, 4) is 0 Å². The van der Waals surface area contributed by atoms with Crippen LogP contribution < -0.4 is 5.32 Å². The van der Waals surface area contributed by atoms with E-state index in [4.69, 9.17) is 0 Å². The molecule has 0 aliphatic carbocycles. The predicted molar refractivity (Wildman–Crippen MR) is 130 cm³/mol. The van der Waals surface area contributed by atoms with Crippen molar-refractivity contribution in [3.05, 3.63) is 83.6 Å². The van der Waals surface area contributed by atoms with Gasteiger partial charge >= 0.3 is 0 Å². The van der Waals surface area contributed by atoms with Gasteiger partial charge in [0.25, 0.3) is 0 Å². The summed E-state index contributed by atoms with van der Waals surface area (Å²) in [6.45, 7) is 14.4. The lowest BCUT2D eigenvalue weighted by Crippen LogP contribution is -2.38. The summed E-state index contributed by atoms with van der Waals surface area (Å²) in [4.78, 5) is 6.85. The number of pyridine rings is 2. The molecule has 4 heterocycles. The highest BCUT2D eigenvalue weighted by molar-refractivity contribution is 5.82. The van der Waals surface area contributed by atoms with E-state index in [2.05, 4.69) is 85.9 Å². The monoisotopic (exact) mass is 417 g/mol. The number of nitrogens with one attached hydrogen (secondary N) is 1. The molecule has 0 unspecified atom stereocenters. The van der Waals surface area contributed by atoms with Gasteiger partial charge in [0, 0.05) is 29.7 Å². The Morgan fingerprint density at radius 3 is 2.58 bits per heavy atom. The SMILES string of the molecule is C/C=C(/c1ccn2ncc(C)c2c1)c1cc(C)cnc1C.C=CNC1CCN(C)CC1. The molecule has 3 aromatic heterocycles. The lowest BCUT2D eigenvalue weighted by molar-refractivity contribution is 0.244. The molecule has 3 aromatic rings. The van der Waals surface area contributed by atoms with Crippen molar-refractivity contribution in [3.63, 3.8) is 0 Å². The molecule has 1 fully saturated rings. The summed E-state index contributed by atoms with van der Waals surface area (Å²) in [5, 5.41) is 7.58. The number of rotatable bonds is 4. The van der Waals surface area contributed by atoms with Crippen LogP contribution in [0.3, 0.4) is 0 Å². The van der Waals surface area contributed by atoms with Gasteiger partial charge in [0.05, 0.1) is 11.7 Å². The van der Waals surface area contributed by atoms with Gasteiger partial charge in [-0.25, -0.2) is 4.52 Å². The average Bonchev–Trinajstić information content (AvgIpc) is 3.14. The number of piperidine rings is 1. The number of aromatic nitrogens is 3. The first kappa shape index (κ1) is 22.8. The first-order valence-corrected chi connectivity index (χ1v) is 11.0. The summed E-state index contributed by atoms with van der Waals surface area (Å²) in [7, 11) is 2.17. The van der Waals surface area contributed by atoms with E-state index in [0.29, 0.717) is 6.04 Å². The van der Waals surface area contributed by atoms with E-state index in [1.54, 1.807) is 6.20 Å². The van der Waals surface area contributed by atoms with Crippen molar-refractivity contribution in [2.45, 2.75) is 46.6 Å². The van der Waals surface area contributed by atoms with Crippen LogP contribution >= 0.6 is 0 Å². The lowest BCUT2D eigenvalue weighted by Gasteiger charge is -2.28. The molecule has 5 nitrogen and oxygen atoms in total. The molecule has 0 bridgehead atoms. The van der Waals surface area contributed by atoms with Gasteiger partial charge in [-0.2, -0.15) is 5.10 Å². The van der Waals surface area contributed by atoms with Gasteiger partial charge in [-0.15, -0.1) is 0 Å². The summed E-state index contributed by atoms with van der Waals surface area (Å²) < 4.78 is 1.91. The standard InChI is InChI=1S/C18H19N3.C8H16N2/c1-5-16(17-8-12(2)10-19-14(17)4)15-6-7-21-18(9-15)13(3)11-20-21;1-3-9-8-4-6-10(2)7-5-8/h5-11H,1-4H3;3,8-9H,1,4-7H2,2H3/b16-5-;. The lowest BCUT2D eigenvalue weighted by atomic mass is 9.96. The van der Waals surface area contributed by atoms with Crippen LogP contribution in [0.2, 0.25) is 0 Å². The fourth-order valence-electron chi connectivity index (χ4n) is 4.00. The first-order chi connectivity index (χ1) is 14.9. The second kappa shape index (κ2) is 10.4. The zero-order chi connectivity index (χ0) is 22.4. The molecule has 4 rings (SSSR count). The molecule has 1 aliphatic rings. The number of hydrogen-bond donors (Lipinski definition) is 1. The predicted octanol–water partition coefficient (Wildman–Crippen LogP) is 4.92. The normalized spacial score (nSPS) is 15.5. The highest BCUT2D eigenvalue weighted by atomic mass is 15.2. The molecule has 0 saturated carbocycles. The third kappa shape index (κ3) is 5.61. The minimum Gasteiger partial charge on any atom is -0.389 e. The highest BCUT2D eigenvalue weighted by Crippen LogP contribution is 2.27. The van der Waals surface area contributed by atoms with Crippen LogP contribution in [0.1, 0.15) is 47.7 Å². The third-order valence-electron chi connectivity index (χ3n) is 5.90. The molecule has 1 aliphatic heterocycles. The molecule has 1 N–H and O–H groups in total. The smallest absolute Gasteiger partial charge is 0.0696 e. The zero-order valence-electron chi connectivity index (χ0n) is 19.5. The van der Waals surface area contributed by atoms with Crippen molar-refractivity contribution in [1.82, 2.24) is 24.8 Å². The van der Waals surface area contributed by atoms with Gasteiger partial charge in [-0.05, 0) is 107 Å². The maximum absolute atomic E-state index is 4.48.